The van der Waals surface area contributed by atoms with E-state index < -0.39 is 0 Å². The molecule has 22 heavy (non-hydrogen) atoms. The van der Waals surface area contributed by atoms with Crippen molar-refractivity contribution in [2.45, 2.75) is 45.2 Å². The van der Waals surface area contributed by atoms with Gasteiger partial charge in [-0.15, -0.1) is 10.2 Å². The van der Waals surface area contributed by atoms with Crippen LogP contribution in [0.25, 0.3) is 11.4 Å². The number of hydrogen-bond acceptors (Lipinski definition) is 4. The van der Waals surface area contributed by atoms with Gasteiger partial charge in [0.25, 0.3) is 0 Å². The molecule has 0 N–H and O–H groups in total. The number of rotatable bonds is 3. The predicted molar refractivity (Wildman–Crippen MR) is 85.1 cm³/mol. The number of aromatic nitrogens is 4. The van der Waals surface area contributed by atoms with E-state index in [-0.39, 0.29) is 0 Å². The van der Waals surface area contributed by atoms with E-state index in [1.165, 1.54) is 38.6 Å². The lowest BCUT2D eigenvalue weighted by atomic mass is 9.89. The first-order valence-corrected chi connectivity index (χ1v) is 8.45. The second-order valence-electron chi connectivity index (χ2n) is 6.57. The van der Waals surface area contributed by atoms with Gasteiger partial charge in [-0.3, -0.25) is 9.88 Å². The van der Waals surface area contributed by atoms with E-state index in [1.807, 2.05) is 12.3 Å². The Hall–Kier alpha value is -1.75. The van der Waals surface area contributed by atoms with Crippen LogP contribution in [0, 0.1) is 5.92 Å². The Morgan fingerprint density at radius 3 is 2.82 bits per heavy atom. The molecular formula is C17H23N5. The van der Waals surface area contributed by atoms with Crippen molar-refractivity contribution in [1.29, 1.82) is 0 Å². The lowest BCUT2D eigenvalue weighted by Crippen LogP contribution is -2.37. The van der Waals surface area contributed by atoms with Crippen LogP contribution < -0.4 is 0 Å². The highest BCUT2D eigenvalue weighted by Gasteiger charge is 2.24. The molecule has 1 saturated carbocycles. The standard InChI is InChI=1S/C17H23N5/c1-2-5-14(6-3-1)12-21-9-10-22-16(13-21)19-20-17(22)15-7-4-8-18-11-15/h4,7-8,11,14H,1-3,5-6,9-10,12-13H2. The van der Waals surface area contributed by atoms with Crippen LogP contribution in [0.1, 0.15) is 37.9 Å². The second kappa shape index (κ2) is 6.16. The molecular weight excluding hydrogens is 274 g/mol. The lowest BCUT2D eigenvalue weighted by molar-refractivity contribution is 0.165. The van der Waals surface area contributed by atoms with E-state index in [1.54, 1.807) is 6.20 Å². The molecule has 0 aromatic carbocycles. The Morgan fingerprint density at radius 1 is 1.09 bits per heavy atom. The topological polar surface area (TPSA) is 46.8 Å². The number of hydrogen-bond donors (Lipinski definition) is 0. The van der Waals surface area contributed by atoms with Gasteiger partial charge in [0.2, 0.25) is 0 Å². The Kier molecular flexibility index (Phi) is 3.89. The fourth-order valence-corrected chi connectivity index (χ4v) is 3.81. The molecule has 0 bridgehead atoms. The third-order valence-corrected chi connectivity index (χ3v) is 4.99. The van der Waals surface area contributed by atoms with Gasteiger partial charge in [-0.2, -0.15) is 0 Å². The molecule has 5 heteroatoms. The highest BCUT2D eigenvalue weighted by Crippen LogP contribution is 2.26. The summed E-state index contributed by atoms with van der Waals surface area (Å²) in [5, 5.41) is 8.82. The van der Waals surface area contributed by atoms with Crippen LogP contribution >= 0.6 is 0 Å². The van der Waals surface area contributed by atoms with Gasteiger partial charge in [0.05, 0.1) is 6.54 Å². The van der Waals surface area contributed by atoms with Gasteiger partial charge in [0.15, 0.2) is 5.82 Å². The van der Waals surface area contributed by atoms with E-state index in [9.17, 15) is 0 Å². The first-order valence-electron chi connectivity index (χ1n) is 8.45. The molecule has 0 saturated heterocycles. The van der Waals surface area contributed by atoms with Crippen LogP contribution in [-0.4, -0.2) is 37.7 Å². The normalized spacial score (nSPS) is 20.0. The van der Waals surface area contributed by atoms with E-state index >= 15 is 0 Å². The molecule has 2 aromatic rings. The monoisotopic (exact) mass is 297 g/mol. The van der Waals surface area contributed by atoms with Crippen molar-refractivity contribution >= 4 is 0 Å². The number of nitrogens with zero attached hydrogens (tertiary/aromatic N) is 5. The zero-order valence-corrected chi connectivity index (χ0v) is 13.0. The Morgan fingerprint density at radius 2 is 2.00 bits per heavy atom. The van der Waals surface area contributed by atoms with E-state index in [0.29, 0.717) is 0 Å². The van der Waals surface area contributed by atoms with E-state index in [0.717, 1.165) is 42.8 Å². The first kappa shape index (κ1) is 13.9. The van der Waals surface area contributed by atoms with Gasteiger partial charge >= 0.3 is 0 Å². The van der Waals surface area contributed by atoms with Crippen LogP contribution in [0.4, 0.5) is 0 Å². The summed E-state index contributed by atoms with van der Waals surface area (Å²) in [5.41, 5.74) is 1.06. The Bertz CT molecular complexity index is 615. The molecule has 1 aliphatic heterocycles. The minimum atomic E-state index is 0.890. The average molecular weight is 297 g/mol. The molecule has 1 aliphatic carbocycles. The van der Waals surface area contributed by atoms with Crippen molar-refractivity contribution in [3.63, 3.8) is 0 Å². The van der Waals surface area contributed by atoms with Crippen molar-refractivity contribution in [2.75, 3.05) is 13.1 Å². The summed E-state index contributed by atoms with van der Waals surface area (Å²) in [4.78, 5) is 6.75. The maximum Gasteiger partial charge on any atom is 0.165 e. The van der Waals surface area contributed by atoms with Crippen LogP contribution in [0.2, 0.25) is 0 Å². The van der Waals surface area contributed by atoms with Crippen molar-refractivity contribution in [3.8, 4) is 11.4 Å². The summed E-state index contributed by atoms with van der Waals surface area (Å²) < 4.78 is 2.26. The fraction of sp³-hybridized carbons (Fsp3) is 0.588. The summed E-state index contributed by atoms with van der Waals surface area (Å²) >= 11 is 0. The maximum atomic E-state index is 4.42. The van der Waals surface area contributed by atoms with Gasteiger partial charge < -0.3 is 4.57 Å². The number of fused-ring (bicyclic) bond motifs is 1. The molecule has 116 valence electrons. The molecule has 4 rings (SSSR count). The molecule has 1 fully saturated rings. The van der Waals surface area contributed by atoms with Gasteiger partial charge in [-0.25, -0.2) is 0 Å². The first-order chi connectivity index (χ1) is 10.9. The molecule has 0 atom stereocenters. The van der Waals surface area contributed by atoms with Crippen LogP contribution in [-0.2, 0) is 13.1 Å². The van der Waals surface area contributed by atoms with Crippen LogP contribution in [0.3, 0.4) is 0 Å². The molecule has 0 spiro atoms. The summed E-state index contributed by atoms with van der Waals surface area (Å²) in [7, 11) is 0. The molecule has 2 aromatic heterocycles. The fourth-order valence-electron chi connectivity index (χ4n) is 3.81. The molecule has 0 radical (unpaired) electrons. The van der Waals surface area contributed by atoms with Crippen LogP contribution in [0.15, 0.2) is 24.5 Å². The minimum absolute atomic E-state index is 0.890. The smallest absolute Gasteiger partial charge is 0.165 e. The van der Waals surface area contributed by atoms with Crippen molar-refractivity contribution in [2.24, 2.45) is 5.92 Å². The van der Waals surface area contributed by atoms with E-state index in [4.69, 9.17) is 0 Å². The summed E-state index contributed by atoms with van der Waals surface area (Å²) in [5.74, 6) is 2.95. The molecule has 0 unspecified atom stereocenters. The molecule has 3 heterocycles. The SMILES string of the molecule is c1cncc(-c2nnc3n2CCN(CC2CCCCC2)C3)c1. The summed E-state index contributed by atoms with van der Waals surface area (Å²) in [6, 6.07) is 4.01. The minimum Gasteiger partial charge on any atom is -0.309 e. The maximum absolute atomic E-state index is 4.42. The zero-order chi connectivity index (χ0) is 14.8. The largest absolute Gasteiger partial charge is 0.309 e. The zero-order valence-electron chi connectivity index (χ0n) is 13.0. The number of pyridine rings is 1. The summed E-state index contributed by atoms with van der Waals surface area (Å²) in [6.45, 7) is 4.26. The van der Waals surface area contributed by atoms with Crippen LogP contribution in [0.5, 0.6) is 0 Å². The van der Waals surface area contributed by atoms with Gasteiger partial charge in [0, 0.05) is 37.6 Å². The third-order valence-electron chi connectivity index (χ3n) is 4.99. The molecule has 5 nitrogen and oxygen atoms in total. The quantitative estimate of drug-likeness (QED) is 0.874. The highest BCUT2D eigenvalue weighted by atomic mass is 15.3. The van der Waals surface area contributed by atoms with Crippen molar-refractivity contribution < 1.29 is 0 Å². The van der Waals surface area contributed by atoms with Gasteiger partial charge in [-0.05, 0) is 30.9 Å². The molecule has 0 amide bonds. The molecule has 2 aliphatic rings. The lowest BCUT2D eigenvalue weighted by Gasteiger charge is -2.32. The second-order valence-corrected chi connectivity index (χ2v) is 6.57. The summed E-state index contributed by atoms with van der Waals surface area (Å²) in [6.07, 6.45) is 10.7. The Labute approximate surface area is 131 Å². The Balaban J connectivity index is 1.47. The van der Waals surface area contributed by atoms with Gasteiger partial charge in [-0.1, -0.05) is 19.3 Å². The predicted octanol–water partition coefficient (Wildman–Crippen LogP) is 2.74. The van der Waals surface area contributed by atoms with E-state index in [2.05, 4.69) is 30.7 Å². The highest BCUT2D eigenvalue weighted by molar-refractivity contribution is 5.53. The van der Waals surface area contributed by atoms with Crippen molar-refractivity contribution in [3.05, 3.63) is 30.4 Å². The average Bonchev–Trinajstić information content (AvgIpc) is 3.00. The third kappa shape index (κ3) is 2.77. The van der Waals surface area contributed by atoms with Crippen molar-refractivity contribution in [1.82, 2.24) is 24.6 Å². The van der Waals surface area contributed by atoms with Gasteiger partial charge in [0.1, 0.15) is 5.82 Å².